The highest BCUT2D eigenvalue weighted by atomic mass is 32.2. The topological polar surface area (TPSA) is 67.4 Å². The van der Waals surface area contributed by atoms with Gasteiger partial charge in [0.2, 0.25) is 10.0 Å². The molecule has 0 saturated heterocycles. The second-order valence-corrected chi connectivity index (χ2v) is 6.41. The summed E-state index contributed by atoms with van der Waals surface area (Å²) >= 11 is 0. The molecule has 0 atom stereocenters. The Kier molecular flexibility index (Phi) is 5.43. The number of hydrogen-bond acceptors (Lipinski definition) is 4. The van der Waals surface area contributed by atoms with E-state index in [0.717, 1.165) is 6.54 Å². The summed E-state index contributed by atoms with van der Waals surface area (Å²) in [6, 6.07) is 6.93. The molecule has 0 spiro atoms. The molecule has 0 aliphatic heterocycles. The molecular formula is C12H20N2O3S. The first-order valence-electron chi connectivity index (χ1n) is 5.85. The Labute approximate surface area is 109 Å². The summed E-state index contributed by atoms with van der Waals surface area (Å²) in [7, 11) is -1.47. The lowest BCUT2D eigenvalue weighted by molar-refractivity contribution is 0.318. The molecule has 1 rings (SSSR count). The van der Waals surface area contributed by atoms with Crippen molar-refractivity contribution in [2.45, 2.75) is 19.1 Å². The number of likely N-dealkylation sites (N-methyl/N-ethyl adjacent to an activating group) is 1. The van der Waals surface area contributed by atoms with E-state index >= 15 is 0 Å². The maximum Gasteiger partial charge on any atom is 0.235 e. The predicted molar refractivity (Wildman–Crippen MR) is 73.5 cm³/mol. The average Bonchev–Trinajstić information content (AvgIpc) is 2.29. The summed E-state index contributed by atoms with van der Waals surface area (Å²) in [4.78, 5) is 0. The van der Waals surface area contributed by atoms with Crippen LogP contribution in [0.1, 0.15) is 13.8 Å². The van der Waals surface area contributed by atoms with Gasteiger partial charge in [-0.2, -0.15) is 0 Å². The van der Waals surface area contributed by atoms with Gasteiger partial charge in [0.15, 0.2) is 0 Å². The Bertz CT molecular complexity index is 472. The van der Waals surface area contributed by atoms with Crippen molar-refractivity contribution in [3.63, 3.8) is 0 Å². The van der Waals surface area contributed by atoms with Crippen molar-refractivity contribution in [1.29, 1.82) is 0 Å². The summed E-state index contributed by atoms with van der Waals surface area (Å²) in [5.41, 5.74) is 0.519. The number of rotatable bonds is 7. The molecule has 0 aliphatic carbocycles. The highest BCUT2D eigenvalue weighted by Crippen LogP contribution is 2.19. The van der Waals surface area contributed by atoms with Crippen LogP contribution in [0.5, 0.6) is 5.75 Å². The van der Waals surface area contributed by atoms with Crippen LogP contribution in [0.3, 0.4) is 0 Å². The quantitative estimate of drug-likeness (QED) is 0.737. The van der Waals surface area contributed by atoms with E-state index in [1.807, 2.05) is 7.05 Å². The van der Waals surface area contributed by atoms with Crippen molar-refractivity contribution in [1.82, 2.24) is 5.32 Å². The van der Waals surface area contributed by atoms with E-state index in [1.165, 1.54) is 0 Å². The predicted octanol–water partition coefficient (Wildman–Crippen LogP) is 1.43. The highest BCUT2D eigenvalue weighted by Gasteiger charge is 2.15. The fraction of sp³-hybridized carbons (Fsp3) is 0.500. The van der Waals surface area contributed by atoms with Crippen molar-refractivity contribution >= 4 is 15.7 Å². The summed E-state index contributed by atoms with van der Waals surface area (Å²) in [5, 5.41) is 2.50. The van der Waals surface area contributed by atoms with Crippen LogP contribution in [0.15, 0.2) is 24.3 Å². The minimum absolute atomic E-state index is 0.466. The molecule has 5 nitrogen and oxygen atoms in total. The standard InChI is InChI=1S/C12H20N2O3S/c1-10(2)18(15,16)14-11-5-4-6-12(9-11)17-8-7-13-3/h4-6,9-10,13-14H,7-8H2,1-3H3. The molecule has 1 aromatic carbocycles. The number of benzene rings is 1. The first kappa shape index (κ1) is 14.8. The first-order chi connectivity index (χ1) is 8.45. The molecule has 0 bridgehead atoms. The summed E-state index contributed by atoms with van der Waals surface area (Å²) in [5.74, 6) is 0.647. The minimum Gasteiger partial charge on any atom is -0.492 e. The summed E-state index contributed by atoms with van der Waals surface area (Å²) < 4.78 is 31.4. The normalized spacial score (nSPS) is 11.6. The second-order valence-electron chi connectivity index (χ2n) is 4.18. The maximum absolute atomic E-state index is 11.7. The molecule has 0 unspecified atom stereocenters. The van der Waals surface area contributed by atoms with Gasteiger partial charge in [-0.1, -0.05) is 6.07 Å². The van der Waals surface area contributed by atoms with Gasteiger partial charge in [-0.05, 0) is 33.0 Å². The zero-order valence-electron chi connectivity index (χ0n) is 10.9. The Morgan fingerprint density at radius 1 is 1.33 bits per heavy atom. The molecule has 6 heteroatoms. The van der Waals surface area contributed by atoms with Gasteiger partial charge in [-0.25, -0.2) is 8.42 Å². The fourth-order valence-corrected chi connectivity index (χ4v) is 1.89. The zero-order valence-corrected chi connectivity index (χ0v) is 11.8. The third kappa shape index (κ3) is 4.54. The van der Waals surface area contributed by atoms with E-state index in [9.17, 15) is 8.42 Å². The van der Waals surface area contributed by atoms with Gasteiger partial charge in [-0.3, -0.25) is 4.72 Å². The van der Waals surface area contributed by atoms with Crippen molar-refractivity contribution < 1.29 is 13.2 Å². The lowest BCUT2D eigenvalue weighted by Crippen LogP contribution is -2.22. The molecule has 0 aromatic heterocycles. The van der Waals surface area contributed by atoms with Crippen LogP contribution in [0.25, 0.3) is 0 Å². The number of nitrogens with one attached hydrogen (secondary N) is 2. The molecular weight excluding hydrogens is 252 g/mol. The van der Waals surface area contributed by atoms with Gasteiger partial charge in [0.05, 0.1) is 10.9 Å². The van der Waals surface area contributed by atoms with E-state index < -0.39 is 15.3 Å². The van der Waals surface area contributed by atoms with E-state index in [-0.39, 0.29) is 0 Å². The van der Waals surface area contributed by atoms with Crippen molar-refractivity contribution in [3.05, 3.63) is 24.3 Å². The van der Waals surface area contributed by atoms with Crippen molar-refractivity contribution in [3.8, 4) is 5.75 Å². The molecule has 0 amide bonds. The average molecular weight is 272 g/mol. The largest absolute Gasteiger partial charge is 0.492 e. The third-order valence-corrected chi connectivity index (χ3v) is 4.10. The van der Waals surface area contributed by atoms with Crippen LogP contribution in [-0.2, 0) is 10.0 Å². The summed E-state index contributed by atoms with van der Waals surface area (Å²) in [6.45, 7) is 4.55. The molecule has 0 aliphatic rings. The van der Waals surface area contributed by atoms with Crippen molar-refractivity contribution in [2.24, 2.45) is 0 Å². The van der Waals surface area contributed by atoms with Gasteiger partial charge in [0.1, 0.15) is 12.4 Å². The van der Waals surface area contributed by atoms with Crippen LogP contribution >= 0.6 is 0 Å². The van der Waals surface area contributed by atoms with E-state index in [4.69, 9.17) is 4.74 Å². The SMILES string of the molecule is CNCCOc1cccc(NS(=O)(=O)C(C)C)c1. The third-order valence-electron chi connectivity index (χ3n) is 2.34. The van der Waals surface area contributed by atoms with Gasteiger partial charge in [0.25, 0.3) is 0 Å². The fourth-order valence-electron chi connectivity index (χ4n) is 1.20. The van der Waals surface area contributed by atoms with Crippen LogP contribution in [0, 0.1) is 0 Å². The minimum atomic E-state index is -3.31. The molecule has 0 fully saturated rings. The molecule has 0 radical (unpaired) electrons. The van der Waals surface area contributed by atoms with Gasteiger partial charge in [-0.15, -0.1) is 0 Å². The highest BCUT2D eigenvalue weighted by molar-refractivity contribution is 7.93. The smallest absolute Gasteiger partial charge is 0.235 e. The van der Waals surface area contributed by atoms with Crippen LogP contribution in [-0.4, -0.2) is 33.9 Å². The molecule has 0 heterocycles. The monoisotopic (exact) mass is 272 g/mol. The molecule has 2 N–H and O–H groups in total. The van der Waals surface area contributed by atoms with Gasteiger partial charge in [0, 0.05) is 12.6 Å². The molecule has 18 heavy (non-hydrogen) atoms. The number of sulfonamides is 1. The first-order valence-corrected chi connectivity index (χ1v) is 7.39. The Morgan fingerprint density at radius 2 is 2.06 bits per heavy atom. The number of anilines is 1. The molecule has 0 saturated carbocycles. The van der Waals surface area contributed by atoms with Gasteiger partial charge >= 0.3 is 0 Å². The molecule has 1 aromatic rings. The van der Waals surface area contributed by atoms with Gasteiger partial charge < -0.3 is 10.1 Å². The second kappa shape index (κ2) is 6.61. The zero-order chi connectivity index (χ0) is 13.6. The Hall–Kier alpha value is -1.27. The van der Waals surface area contributed by atoms with E-state index in [2.05, 4.69) is 10.0 Å². The Morgan fingerprint density at radius 3 is 2.67 bits per heavy atom. The van der Waals surface area contributed by atoms with Crippen molar-refractivity contribution in [2.75, 3.05) is 24.9 Å². The number of hydrogen-bond donors (Lipinski definition) is 2. The lowest BCUT2D eigenvalue weighted by Gasteiger charge is -2.12. The van der Waals surface area contributed by atoms with E-state index in [0.29, 0.717) is 18.0 Å². The Balaban J connectivity index is 2.71. The summed E-state index contributed by atoms with van der Waals surface area (Å²) in [6.07, 6.45) is 0. The molecule has 102 valence electrons. The number of ether oxygens (including phenoxy) is 1. The maximum atomic E-state index is 11.7. The van der Waals surface area contributed by atoms with Crippen LogP contribution in [0.2, 0.25) is 0 Å². The van der Waals surface area contributed by atoms with Crippen LogP contribution in [0.4, 0.5) is 5.69 Å². The van der Waals surface area contributed by atoms with E-state index in [1.54, 1.807) is 38.1 Å². The van der Waals surface area contributed by atoms with Crippen LogP contribution < -0.4 is 14.8 Å². The lowest BCUT2D eigenvalue weighted by atomic mass is 10.3.